The van der Waals surface area contributed by atoms with Gasteiger partial charge in [-0.3, -0.25) is 33.7 Å². The summed E-state index contributed by atoms with van der Waals surface area (Å²) in [5.74, 6) is -2.97. The van der Waals surface area contributed by atoms with Crippen LogP contribution in [0.15, 0.2) is 110 Å². The molecule has 4 aromatic carbocycles. The summed E-state index contributed by atoms with van der Waals surface area (Å²) in [7, 11) is -0.590. The Labute approximate surface area is 390 Å². The molecule has 0 aliphatic heterocycles. The first-order valence-corrected chi connectivity index (χ1v) is 23.1. The van der Waals surface area contributed by atoms with Crippen LogP contribution in [0.1, 0.15) is 56.3 Å². The third kappa shape index (κ3) is 16.6. The zero-order valence-electron chi connectivity index (χ0n) is 38.1. The summed E-state index contributed by atoms with van der Waals surface area (Å²) in [6, 6.07) is 20.0. The van der Waals surface area contributed by atoms with E-state index >= 15 is 0 Å². The quantitative estimate of drug-likeness (QED) is 0.0150. The molecule has 14 N–H and O–H groups in total. The smallest absolute Gasteiger partial charge is 0.295 e. The van der Waals surface area contributed by atoms with E-state index in [2.05, 4.69) is 46.8 Å². The van der Waals surface area contributed by atoms with Crippen molar-refractivity contribution in [3.63, 3.8) is 0 Å². The molecular weight excluding hydrogens is 881 g/mol. The second kappa shape index (κ2) is 25.4. The molecule has 4 rings (SSSR count). The van der Waals surface area contributed by atoms with E-state index in [1.54, 1.807) is 55.5 Å². The number of hydrogen-bond donors (Lipinski definition) is 10. The summed E-state index contributed by atoms with van der Waals surface area (Å²) >= 11 is 0. The van der Waals surface area contributed by atoms with Gasteiger partial charge < -0.3 is 54.4 Å². The number of amides is 4. The molecule has 0 unspecified atom stereocenters. The third-order valence-corrected chi connectivity index (χ3v) is 11.5. The fourth-order valence-corrected chi connectivity index (χ4v) is 7.49. The van der Waals surface area contributed by atoms with Gasteiger partial charge in [-0.2, -0.15) is 18.6 Å². The molecule has 21 nitrogen and oxygen atoms in total. The Morgan fingerprint density at radius 2 is 1.22 bits per heavy atom. The van der Waals surface area contributed by atoms with Crippen molar-refractivity contribution in [2.24, 2.45) is 49.1 Å². The van der Waals surface area contributed by atoms with Crippen molar-refractivity contribution in [3.8, 4) is 0 Å². The first-order valence-electron chi connectivity index (χ1n) is 21.7. The number of anilines is 2. The normalized spacial score (nSPS) is 13.1. The number of benzene rings is 4. The van der Waals surface area contributed by atoms with Gasteiger partial charge in [0.1, 0.15) is 23.0 Å². The van der Waals surface area contributed by atoms with E-state index < -0.39 is 51.9 Å². The number of aliphatic imine (C=N–C) groups is 2. The van der Waals surface area contributed by atoms with Gasteiger partial charge in [0, 0.05) is 68.0 Å². The van der Waals surface area contributed by atoms with Crippen molar-refractivity contribution in [3.05, 3.63) is 90.5 Å². The molecule has 22 heteroatoms. The predicted molar refractivity (Wildman–Crippen MR) is 261 cm³/mol. The lowest BCUT2D eigenvalue weighted by Crippen LogP contribution is -2.58. The minimum Gasteiger partial charge on any atom is -0.383 e. The second-order valence-electron chi connectivity index (χ2n) is 15.9. The van der Waals surface area contributed by atoms with E-state index in [4.69, 9.17) is 22.9 Å². The maximum absolute atomic E-state index is 14.1. The van der Waals surface area contributed by atoms with Gasteiger partial charge in [-0.15, -0.1) is 0 Å². The molecule has 0 radical (unpaired) electrons. The zero-order chi connectivity index (χ0) is 49.1. The molecule has 4 aromatic rings. The average Bonchev–Trinajstić information content (AvgIpc) is 3.29. The SMILES string of the molecule is CC[C@H](C)[C@H](NC(=O)[C@H](CCCN=C(N)N)NC(=O)[C@H](CCCN=C(N)N)NC(=O)c1ccc(N=Nc2ccc(N(C)C)cc2)cc1)C(=O)NCCNc1cccc2c(S(=O)(=O)O)cccc12. The molecule has 0 aromatic heterocycles. The highest BCUT2D eigenvalue weighted by Crippen LogP contribution is 2.29. The van der Waals surface area contributed by atoms with Crippen LogP contribution in [0.25, 0.3) is 10.8 Å². The summed E-state index contributed by atoms with van der Waals surface area (Å²) in [4.78, 5) is 65.1. The van der Waals surface area contributed by atoms with Crippen molar-refractivity contribution in [2.75, 3.05) is 50.5 Å². The van der Waals surface area contributed by atoms with Crippen LogP contribution in [0, 0.1) is 5.92 Å². The van der Waals surface area contributed by atoms with E-state index in [1.807, 2.05) is 50.2 Å². The largest absolute Gasteiger partial charge is 0.383 e. The topological polar surface area (TPSA) is 340 Å². The Morgan fingerprint density at radius 3 is 1.78 bits per heavy atom. The van der Waals surface area contributed by atoms with Crippen LogP contribution in [0.2, 0.25) is 0 Å². The molecule has 4 amide bonds. The number of carbonyl (C=O) groups is 4. The fraction of sp³-hybridized carbons (Fsp3) is 0.378. The number of guanidine groups is 2. The Kier molecular flexibility index (Phi) is 19.8. The van der Waals surface area contributed by atoms with Gasteiger partial charge in [0.05, 0.1) is 11.4 Å². The maximum Gasteiger partial charge on any atom is 0.295 e. The van der Waals surface area contributed by atoms with E-state index in [1.165, 1.54) is 12.1 Å². The molecule has 0 fully saturated rings. The van der Waals surface area contributed by atoms with Crippen LogP contribution in [0.4, 0.5) is 22.7 Å². The van der Waals surface area contributed by atoms with Crippen LogP contribution in [-0.4, -0.2) is 107 Å². The molecule has 0 aliphatic rings. The number of nitrogens with two attached hydrogens (primary N) is 4. The molecule has 0 saturated carbocycles. The number of nitrogens with zero attached hydrogens (tertiary/aromatic N) is 5. The van der Waals surface area contributed by atoms with Gasteiger partial charge in [0.25, 0.3) is 16.0 Å². The number of azo groups is 1. The predicted octanol–water partition coefficient (Wildman–Crippen LogP) is 3.02. The maximum atomic E-state index is 14.1. The minimum absolute atomic E-state index is 0.0714. The summed E-state index contributed by atoms with van der Waals surface area (Å²) in [5, 5.41) is 23.8. The Balaban J connectivity index is 1.46. The fourth-order valence-electron chi connectivity index (χ4n) is 6.78. The first kappa shape index (κ1) is 52.3. The van der Waals surface area contributed by atoms with E-state index in [0.717, 1.165) is 5.69 Å². The molecule has 4 atom stereocenters. The molecule has 0 spiro atoms. The monoisotopic (exact) mass is 942 g/mol. The Hall–Kier alpha value is -7.33. The average molecular weight is 943 g/mol. The molecule has 360 valence electrons. The summed E-state index contributed by atoms with van der Waals surface area (Å²) < 4.78 is 33.6. The van der Waals surface area contributed by atoms with Gasteiger partial charge in [-0.1, -0.05) is 44.5 Å². The van der Waals surface area contributed by atoms with Crippen LogP contribution in [0.3, 0.4) is 0 Å². The van der Waals surface area contributed by atoms with Gasteiger partial charge >= 0.3 is 0 Å². The third-order valence-electron chi connectivity index (χ3n) is 10.6. The number of hydrogen-bond acceptors (Lipinski definition) is 12. The molecular formula is C45H62N14O7S. The first-order chi connectivity index (χ1) is 31.9. The van der Waals surface area contributed by atoms with Crippen molar-refractivity contribution < 1.29 is 32.1 Å². The van der Waals surface area contributed by atoms with Crippen LogP contribution >= 0.6 is 0 Å². The van der Waals surface area contributed by atoms with Crippen molar-refractivity contribution in [1.82, 2.24) is 21.3 Å². The molecule has 0 aliphatic carbocycles. The minimum atomic E-state index is -4.47. The Morgan fingerprint density at radius 1 is 0.687 bits per heavy atom. The van der Waals surface area contributed by atoms with E-state index in [9.17, 15) is 32.1 Å². The molecule has 0 saturated heterocycles. The lowest BCUT2D eigenvalue weighted by Gasteiger charge is -2.27. The van der Waals surface area contributed by atoms with Gasteiger partial charge in [0.15, 0.2) is 11.9 Å². The molecule has 0 heterocycles. The van der Waals surface area contributed by atoms with Crippen LogP contribution in [-0.2, 0) is 24.5 Å². The van der Waals surface area contributed by atoms with Crippen molar-refractivity contribution in [2.45, 2.75) is 69.0 Å². The number of fused-ring (bicyclic) bond motifs is 1. The highest BCUT2D eigenvalue weighted by atomic mass is 32.2. The molecule has 0 bridgehead atoms. The zero-order valence-corrected chi connectivity index (χ0v) is 38.9. The van der Waals surface area contributed by atoms with Crippen molar-refractivity contribution in [1.29, 1.82) is 0 Å². The number of rotatable bonds is 25. The van der Waals surface area contributed by atoms with Gasteiger partial charge in [-0.05, 0) is 92.3 Å². The highest BCUT2D eigenvalue weighted by molar-refractivity contribution is 7.86. The van der Waals surface area contributed by atoms with Crippen LogP contribution < -0.4 is 54.4 Å². The summed E-state index contributed by atoms with van der Waals surface area (Å²) in [5.41, 5.74) is 25.0. The standard InChI is InChI=1S/C45H62N14O7S/c1-5-28(2)39(43(63)51-27-26-50-35-12-6-11-34-33(35)10-7-15-38(34)67(64,65)66)56-42(62)37(14-9-25-53-45(48)49)55-41(61)36(13-8-24-52-44(46)47)54-40(60)29-16-18-30(19-17-29)57-58-31-20-22-32(23-21-31)59(3)4/h6-7,10-12,15-23,28,36-37,39,50H,5,8-9,13-14,24-27H2,1-4H3,(H,51,63)(H,54,60)(H,55,61)(H,56,62)(H4,46,47,52)(H4,48,49,53)(H,64,65,66)/t28-,36-,37-,39-/m0/s1. The van der Waals surface area contributed by atoms with E-state index in [-0.39, 0.29) is 73.7 Å². The summed E-state index contributed by atoms with van der Waals surface area (Å²) in [6.45, 7) is 4.33. The lowest BCUT2D eigenvalue weighted by molar-refractivity contribution is -0.133. The lowest BCUT2D eigenvalue weighted by atomic mass is 9.97. The van der Waals surface area contributed by atoms with Crippen LogP contribution in [0.5, 0.6) is 0 Å². The van der Waals surface area contributed by atoms with Gasteiger partial charge in [-0.25, -0.2) is 0 Å². The number of carbonyl (C=O) groups excluding carboxylic acids is 4. The van der Waals surface area contributed by atoms with E-state index in [0.29, 0.717) is 40.7 Å². The Bertz CT molecular complexity index is 2510. The van der Waals surface area contributed by atoms with Gasteiger partial charge in [0.2, 0.25) is 17.7 Å². The molecule has 67 heavy (non-hydrogen) atoms. The summed E-state index contributed by atoms with van der Waals surface area (Å²) in [6.07, 6.45) is 1.26. The van der Waals surface area contributed by atoms with Crippen molar-refractivity contribution >= 4 is 79.2 Å². The second-order valence-corrected chi connectivity index (χ2v) is 17.3. The highest BCUT2D eigenvalue weighted by Gasteiger charge is 2.31. The number of nitrogens with one attached hydrogen (secondary N) is 5.